The second-order valence-corrected chi connectivity index (χ2v) is 8.40. The molecule has 0 bridgehead atoms. The third-order valence-electron chi connectivity index (χ3n) is 5.20. The Hall–Kier alpha value is -1.92. The number of hydrogen-bond donors (Lipinski definition) is 0. The largest absolute Gasteiger partial charge is 0.440 e. The molecule has 3 aromatic rings. The molecule has 3 aromatic heterocycles. The van der Waals surface area contributed by atoms with Crippen LogP contribution in [-0.2, 0) is 13.1 Å². The lowest BCUT2D eigenvalue weighted by Crippen LogP contribution is -2.39. The van der Waals surface area contributed by atoms with Crippen LogP contribution in [0.1, 0.15) is 42.0 Å². The molecule has 6 heteroatoms. The average Bonchev–Trinajstić information content (AvgIpc) is 3.37. The molecular weight excluding hydrogens is 344 g/mol. The van der Waals surface area contributed by atoms with Crippen molar-refractivity contribution in [2.24, 2.45) is 0 Å². The summed E-state index contributed by atoms with van der Waals surface area (Å²) in [4.78, 5) is 9.80. The van der Waals surface area contributed by atoms with Gasteiger partial charge in [-0.2, -0.15) is 5.10 Å². The van der Waals surface area contributed by atoms with Crippen LogP contribution in [0.2, 0.25) is 0 Å². The molecule has 0 aliphatic carbocycles. The summed E-state index contributed by atoms with van der Waals surface area (Å²) in [7, 11) is 0. The van der Waals surface area contributed by atoms with Crippen LogP contribution in [-0.4, -0.2) is 32.3 Å². The van der Waals surface area contributed by atoms with Crippen molar-refractivity contribution in [2.75, 3.05) is 6.54 Å². The summed E-state index contributed by atoms with van der Waals surface area (Å²) >= 11 is 1.74. The van der Waals surface area contributed by atoms with Crippen LogP contribution in [0.3, 0.4) is 0 Å². The summed E-state index contributed by atoms with van der Waals surface area (Å²) in [6.07, 6.45) is 8.88. The van der Waals surface area contributed by atoms with Crippen LogP contribution in [0.5, 0.6) is 0 Å². The van der Waals surface area contributed by atoms with Gasteiger partial charge in [0, 0.05) is 36.4 Å². The Kier molecular flexibility index (Phi) is 5.22. The maximum atomic E-state index is 5.97. The first-order chi connectivity index (χ1) is 12.7. The number of piperidine rings is 1. The summed E-state index contributed by atoms with van der Waals surface area (Å²) in [5, 5.41) is 4.33. The normalized spacial score (nSPS) is 18.5. The maximum Gasteiger partial charge on any atom is 0.236 e. The topological polar surface area (TPSA) is 47.1 Å². The monoisotopic (exact) mass is 370 g/mol. The summed E-state index contributed by atoms with van der Waals surface area (Å²) < 4.78 is 8.00. The molecule has 5 nitrogen and oxygen atoms in total. The molecule has 1 atom stereocenters. The lowest BCUT2D eigenvalue weighted by Gasteiger charge is -2.35. The van der Waals surface area contributed by atoms with Crippen LogP contribution < -0.4 is 0 Å². The molecule has 0 spiro atoms. The molecule has 0 N–H and O–H groups in total. The molecule has 26 heavy (non-hydrogen) atoms. The second-order valence-electron chi connectivity index (χ2n) is 7.11. The van der Waals surface area contributed by atoms with Crippen molar-refractivity contribution in [3.63, 3.8) is 0 Å². The van der Waals surface area contributed by atoms with E-state index >= 15 is 0 Å². The van der Waals surface area contributed by atoms with E-state index in [0.717, 1.165) is 48.3 Å². The van der Waals surface area contributed by atoms with E-state index in [2.05, 4.69) is 29.1 Å². The summed E-state index contributed by atoms with van der Waals surface area (Å²) in [5.41, 5.74) is 1.08. The highest BCUT2D eigenvalue weighted by molar-refractivity contribution is 7.15. The number of hydrogen-bond acceptors (Lipinski definition) is 5. The Balaban J connectivity index is 1.45. The minimum Gasteiger partial charge on any atom is -0.440 e. The highest BCUT2D eigenvalue weighted by Gasteiger charge is 2.24. The van der Waals surface area contributed by atoms with Crippen LogP contribution in [0.15, 0.2) is 35.0 Å². The third-order valence-corrected chi connectivity index (χ3v) is 6.19. The number of nitrogens with zero attached hydrogens (tertiary/aromatic N) is 4. The van der Waals surface area contributed by atoms with E-state index in [1.54, 1.807) is 11.3 Å². The van der Waals surface area contributed by atoms with Gasteiger partial charge in [0.2, 0.25) is 5.89 Å². The van der Waals surface area contributed by atoms with Crippen LogP contribution in [0.25, 0.3) is 10.8 Å². The van der Waals surface area contributed by atoms with E-state index in [1.165, 1.54) is 24.1 Å². The Morgan fingerprint density at radius 3 is 2.96 bits per heavy atom. The number of oxazole rings is 1. The maximum absolute atomic E-state index is 5.97. The summed E-state index contributed by atoms with van der Waals surface area (Å²) in [5.74, 6) is 1.71. The van der Waals surface area contributed by atoms with Gasteiger partial charge in [-0.15, -0.1) is 11.3 Å². The van der Waals surface area contributed by atoms with Crippen molar-refractivity contribution in [2.45, 2.75) is 58.7 Å². The van der Waals surface area contributed by atoms with E-state index in [-0.39, 0.29) is 0 Å². The molecule has 0 radical (unpaired) electrons. The van der Waals surface area contributed by atoms with E-state index in [9.17, 15) is 0 Å². The molecule has 4 heterocycles. The fourth-order valence-electron chi connectivity index (χ4n) is 3.73. The Bertz CT molecular complexity index is 836. The van der Waals surface area contributed by atoms with E-state index < -0.39 is 0 Å². The zero-order chi connectivity index (χ0) is 17.9. The molecular formula is C20H26N4OS. The molecule has 0 amide bonds. The van der Waals surface area contributed by atoms with Gasteiger partial charge in [0.15, 0.2) is 0 Å². The van der Waals surface area contributed by atoms with Gasteiger partial charge in [-0.1, -0.05) is 6.42 Å². The predicted octanol–water partition coefficient (Wildman–Crippen LogP) is 4.66. The lowest BCUT2D eigenvalue weighted by atomic mass is 9.99. The Labute approximate surface area is 158 Å². The Morgan fingerprint density at radius 1 is 1.27 bits per heavy atom. The van der Waals surface area contributed by atoms with Gasteiger partial charge in [0.25, 0.3) is 0 Å². The smallest absolute Gasteiger partial charge is 0.236 e. The zero-order valence-corrected chi connectivity index (χ0v) is 16.3. The molecule has 1 aliphatic heterocycles. The third kappa shape index (κ3) is 3.91. The molecule has 138 valence electrons. The van der Waals surface area contributed by atoms with Gasteiger partial charge in [-0.3, -0.25) is 9.58 Å². The van der Waals surface area contributed by atoms with Crippen molar-refractivity contribution in [3.05, 3.63) is 46.9 Å². The molecule has 0 unspecified atom stereocenters. The lowest BCUT2D eigenvalue weighted by molar-refractivity contribution is 0.125. The number of aryl methyl sites for hydroxylation is 3. The first-order valence-corrected chi connectivity index (χ1v) is 10.3. The highest BCUT2D eigenvalue weighted by atomic mass is 32.1. The quantitative estimate of drug-likeness (QED) is 0.633. The van der Waals surface area contributed by atoms with Crippen molar-refractivity contribution in [1.29, 1.82) is 0 Å². The molecule has 1 fully saturated rings. The number of likely N-dealkylation sites (tertiary alicyclic amines) is 1. The molecule has 1 aliphatic rings. The summed E-state index contributed by atoms with van der Waals surface area (Å²) in [6, 6.07) is 6.81. The summed E-state index contributed by atoms with van der Waals surface area (Å²) in [6.45, 7) is 7.15. The van der Waals surface area contributed by atoms with Crippen LogP contribution in [0.4, 0.5) is 0 Å². The van der Waals surface area contributed by atoms with E-state index in [1.807, 2.05) is 30.1 Å². The van der Waals surface area contributed by atoms with Gasteiger partial charge in [0.05, 0.1) is 10.6 Å². The van der Waals surface area contributed by atoms with E-state index in [0.29, 0.717) is 6.04 Å². The number of thiophene rings is 1. The molecule has 0 aromatic carbocycles. The van der Waals surface area contributed by atoms with Crippen molar-refractivity contribution < 1.29 is 4.42 Å². The van der Waals surface area contributed by atoms with E-state index in [4.69, 9.17) is 9.40 Å². The fraction of sp³-hybridized carbons (Fsp3) is 0.500. The average molecular weight is 371 g/mol. The van der Waals surface area contributed by atoms with Crippen LogP contribution in [0, 0.1) is 13.8 Å². The number of rotatable bonds is 6. The molecule has 0 saturated carbocycles. The number of aromatic nitrogens is 3. The van der Waals surface area contributed by atoms with Crippen molar-refractivity contribution in [1.82, 2.24) is 19.7 Å². The fourth-order valence-corrected chi connectivity index (χ4v) is 4.52. The van der Waals surface area contributed by atoms with Gasteiger partial charge in [-0.25, -0.2) is 4.98 Å². The molecule has 1 saturated heterocycles. The SMILES string of the molecule is Cc1ccc(-c2nc(CN3CCCC[C@H]3CCn3cccn3)c(C)o2)s1. The van der Waals surface area contributed by atoms with Gasteiger partial charge in [0.1, 0.15) is 5.76 Å². The molecule has 4 rings (SSSR count). The second kappa shape index (κ2) is 7.76. The Morgan fingerprint density at radius 2 is 2.19 bits per heavy atom. The van der Waals surface area contributed by atoms with Crippen molar-refractivity contribution >= 4 is 11.3 Å². The van der Waals surface area contributed by atoms with Gasteiger partial charge < -0.3 is 4.42 Å². The van der Waals surface area contributed by atoms with Gasteiger partial charge >= 0.3 is 0 Å². The van der Waals surface area contributed by atoms with Crippen molar-refractivity contribution in [3.8, 4) is 10.8 Å². The van der Waals surface area contributed by atoms with Gasteiger partial charge in [-0.05, 0) is 57.9 Å². The highest BCUT2D eigenvalue weighted by Crippen LogP contribution is 2.30. The zero-order valence-electron chi connectivity index (χ0n) is 15.5. The minimum absolute atomic E-state index is 0.594. The standard InChI is InChI=1S/C20H26N4OS/c1-15-7-8-19(26-15)20-22-18(16(2)25-20)14-23-11-4-3-6-17(23)9-13-24-12-5-10-21-24/h5,7-8,10,12,17H,3-4,6,9,11,13-14H2,1-2H3/t17-/m0/s1. The van der Waals surface area contributed by atoms with Crippen LogP contribution >= 0.6 is 11.3 Å². The first-order valence-electron chi connectivity index (χ1n) is 9.43. The first kappa shape index (κ1) is 17.5. The predicted molar refractivity (Wildman–Crippen MR) is 104 cm³/mol. The minimum atomic E-state index is 0.594.